The highest BCUT2D eigenvalue weighted by Crippen LogP contribution is 2.35. The molecule has 0 radical (unpaired) electrons. The highest BCUT2D eigenvalue weighted by atomic mass is 16.7. The van der Waals surface area contributed by atoms with E-state index in [0.717, 1.165) is 0 Å². The van der Waals surface area contributed by atoms with Gasteiger partial charge in [0.1, 0.15) is 24.9 Å². The lowest BCUT2D eigenvalue weighted by molar-refractivity contribution is -0.242. The fourth-order valence-corrected chi connectivity index (χ4v) is 1.82. The molecule has 0 spiro atoms. The number of ether oxygens (including phenoxy) is 3. The van der Waals surface area contributed by atoms with E-state index < -0.39 is 36.2 Å². The number of aliphatic hydroxyl groups is 3. The van der Waals surface area contributed by atoms with Crippen LogP contribution in [0.2, 0.25) is 0 Å². The van der Waals surface area contributed by atoms with Gasteiger partial charge >= 0.3 is 5.97 Å². The second-order valence-corrected chi connectivity index (χ2v) is 4.04. The molecule has 92 valence electrons. The Bertz CT molecular complexity index is 292. The van der Waals surface area contributed by atoms with Crippen LogP contribution in [0.3, 0.4) is 0 Å². The molecule has 0 saturated carbocycles. The van der Waals surface area contributed by atoms with Gasteiger partial charge in [0.25, 0.3) is 5.79 Å². The van der Waals surface area contributed by atoms with Gasteiger partial charge in [-0.2, -0.15) is 0 Å². The van der Waals surface area contributed by atoms with Crippen molar-refractivity contribution in [2.45, 2.75) is 37.1 Å². The maximum absolute atomic E-state index is 11.2. The van der Waals surface area contributed by atoms with Crippen LogP contribution in [0.5, 0.6) is 0 Å². The first-order chi connectivity index (χ1) is 7.44. The molecule has 2 saturated heterocycles. The second-order valence-electron chi connectivity index (χ2n) is 4.04. The van der Waals surface area contributed by atoms with Crippen LogP contribution in [0.15, 0.2) is 0 Å². The number of carbonyl (C=O) groups is 1. The quantitative estimate of drug-likeness (QED) is 0.366. The van der Waals surface area contributed by atoms with Crippen molar-refractivity contribution in [3.63, 3.8) is 0 Å². The number of rotatable bonds is 2. The molecule has 2 heterocycles. The largest absolute Gasteiger partial charge is 0.426 e. The van der Waals surface area contributed by atoms with E-state index in [9.17, 15) is 15.0 Å². The fraction of sp³-hybridized carbons (Fsp3) is 0.889. The third-order valence-corrected chi connectivity index (χ3v) is 2.67. The first kappa shape index (κ1) is 11.7. The van der Waals surface area contributed by atoms with Gasteiger partial charge in [-0.25, -0.2) is 4.79 Å². The van der Waals surface area contributed by atoms with Crippen LogP contribution < -0.4 is 0 Å². The molecule has 2 rings (SSSR count). The Kier molecular flexibility index (Phi) is 2.89. The van der Waals surface area contributed by atoms with Crippen molar-refractivity contribution >= 4 is 5.97 Å². The van der Waals surface area contributed by atoms with E-state index >= 15 is 0 Å². The van der Waals surface area contributed by atoms with E-state index in [0.29, 0.717) is 0 Å². The van der Waals surface area contributed by atoms with Crippen molar-refractivity contribution in [2.75, 3.05) is 13.2 Å². The lowest BCUT2D eigenvalue weighted by Crippen LogP contribution is -2.48. The molecule has 1 unspecified atom stereocenters. The van der Waals surface area contributed by atoms with Gasteiger partial charge in [-0.3, -0.25) is 0 Å². The SMILES string of the molecule is CC(O)C(=O)O[C@@]1(O)CO[C@@H]2[C@H](O)CO[C@@H]21. The van der Waals surface area contributed by atoms with Crippen molar-refractivity contribution in [3.05, 3.63) is 0 Å². The average Bonchev–Trinajstić information content (AvgIpc) is 2.71. The fourth-order valence-electron chi connectivity index (χ4n) is 1.82. The maximum Gasteiger partial charge on any atom is 0.337 e. The summed E-state index contributed by atoms with van der Waals surface area (Å²) in [6.45, 7) is 0.963. The Hall–Kier alpha value is -0.730. The van der Waals surface area contributed by atoms with E-state index in [1.165, 1.54) is 6.92 Å². The third-order valence-electron chi connectivity index (χ3n) is 2.67. The summed E-state index contributed by atoms with van der Waals surface area (Å²) in [5.41, 5.74) is 0. The zero-order valence-electron chi connectivity index (χ0n) is 8.70. The predicted molar refractivity (Wildman–Crippen MR) is 48.2 cm³/mol. The number of hydrogen-bond donors (Lipinski definition) is 3. The summed E-state index contributed by atoms with van der Waals surface area (Å²) in [6.07, 6.45) is -3.80. The van der Waals surface area contributed by atoms with Crippen LogP contribution in [0.4, 0.5) is 0 Å². The van der Waals surface area contributed by atoms with Gasteiger partial charge in [-0.1, -0.05) is 0 Å². The molecule has 5 atom stereocenters. The first-order valence-corrected chi connectivity index (χ1v) is 4.98. The summed E-state index contributed by atoms with van der Waals surface area (Å²) >= 11 is 0. The molecule has 0 aliphatic carbocycles. The monoisotopic (exact) mass is 234 g/mol. The molecule has 0 aromatic rings. The minimum Gasteiger partial charge on any atom is -0.426 e. The first-order valence-electron chi connectivity index (χ1n) is 4.98. The summed E-state index contributed by atoms with van der Waals surface area (Å²) in [7, 11) is 0. The molecular formula is C9H14O7. The molecule has 0 amide bonds. The van der Waals surface area contributed by atoms with Gasteiger partial charge in [-0.05, 0) is 6.92 Å². The minimum absolute atomic E-state index is 0.0177. The number of esters is 1. The number of fused-ring (bicyclic) bond motifs is 1. The maximum atomic E-state index is 11.2. The zero-order valence-corrected chi connectivity index (χ0v) is 8.70. The van der Waals surface area contributed by atoms with Crippen LogP contribution in [-0.2, 0) is 19.0 Å². The van der Waals surface area contributed by atoms with Crippen molar-refractivity contribution in [1.29, 1.82) is 0 Å². The summed E-state index contributed by atoms with van der Waals surface area (Å²) < 4.78 is 14.9. The van der Waals surface area contributed by atoms with Gasteiger partial charge in [0.2, 0.25) is 0 Å². The standard InChI is InChI=1S/C9H14O7/c1-4(10)8(12)16-9(13)3-15-6-5(11)2-14-7(6)9/h4-7,10-11,13H,2-3H2,1H3/t4?,5-,6-,7+,9+/m1/s1. The molecule has 0 bridgehead atoms. The van der Waals surface area contributed by atoms with Gasteiger partial charge in [0.05, 0.1) is 6.61 Å². The molecule has 7 nitrogen and oxygen atoms in total. The topological polar surface area (TPSA) is 105 Å². The predicted octanol–water partition coefficient (Wildman–Crippen LogP) is -2.24. The molecule has 0 aromatic carbocycles. The molecule has 2 aliphatic heterocycles. The second kappa shape index (κ2) is 3.94. The Morgan fingerprint density at radius 1 is 1.56 bits per heavy atom. The third kappa shape index (κ3) is 1.80. The Labute approximate surface area is 91.5 Å². The van der Waals surface area contributed by atoms with Crippen molar-refractivity contribution in [3.8, 4) is 0 Å². The highest BCUT2D eigenvalue weighted by Gasteiger charge is 2.58. The van der Waals surface area contributed by atoms with E-state index in [4.69, 9.17) is 19.3 Å². The van der Waals surface area contributed by atoms with Crippen LogP contribution in [0, 0.1) is 0 Å². The lowest BCUT2D eigenvalue weighted by atomic mass is 10.1. The van der Waals surface area contributed by atoms with Gasteiger partial charge < -0.3 is 29.5 Å². The molecule has 0 aromatic heterocycles. The van der Waals surface area contributed by atoms with Crippen molar-refractivity contribution in [1.82, 2.24) is 0 Å². The number of aliphatic hydroxyl groups excluding tert-OH is 2. The smallest absolute Gasteiger partial charge is 0.337 e. The number of hydrogen-bond acceptors (Lipinski definition) is 7. The van der Waals surface area contributed by atoms with Gasteiger partial charge in [-0.15, -0.1) is 0 Å². The molecular weight excluding hydrogens is 220 g/mol. The molecule has 2 fully saturated rings. The van der Waals surface area contributed by atoms with Crippen LogP contribution in [-0.4, -0.2) is 64.7 Å². The Morgan fingerprint density at radius 3 is 2.88 bits per heavy atom. The van der Waals surface area contributed by atoms with Gasteiger partial charge in [0.15, 0.2) is 6.10 Å². The summed E-state index contributed by atoms with van der Waals surface area (Å²) in [5, 5.41) is 28.4. The van der Waals surface area contributed by atoms with Crippen LogP contribution in [0.25, 0.3) is 0 Å². The van der Waals surface area contributed by atoms with E-state index in [2.05, 4.69) is 0 Å². The molecule has 16 heavy (non-hydrogen) atoms. The average molecular weight is 234 g/mol. The molecule has 3 N–H and O–H groups in total. The molecule has 7 heteroatoms. The summed E-state index contributed by atoms with van der Waals surface area (Å²) in [4.78, 5) is 11.2. The molecule has 2 aliphatic rings. The summed E-state index contributed by atoms with van der Waals surface area (Å²) in [5.74, 6) is -2.90. The van der Waals surface area contributed by atoms with E-state index in [1.807, 2.05) is 0 Å². The Balaban J connectivity index is 2.06. The minimum atomic E-state index is -1.93. The van der Waals surface area contributed by atoms with E-state index in [-0.39, 0.29) is 13.2 Å². The van der Waals surface area contributed by atoms with Gasteiger partial charge in [0, 0.05) is 0 Å². The summed E-state index contributed by atoms with van der Waals surface area (Å²) in [6, 6.07) is 0. The Morgan fingerprint density at radius 2 is 2.25 bits per heavy atom. The van der Waals surface area contributed by atoms with Crippen LogP contribution in [0.1, 0.15) is 6.92 Å². The highest BCUT2D eigenvalue weighted by molar-refractivity contribution is 5.74. The normalized spacial score (nSPS) is 44.1. The zero-order chi connectivity index (χ0) is 11.9. The lowest BCUT2D eigenvalue weighted by Gasteiger charge is -2.26. The van der Waals surface area contributed by atoms with Crippen LogP contribution >= 0.6 is 0 Å². The van der Waals surface area contributed by atoms with E-state index in [1.54, 1.807) is 0 Å². The number of carbonyl (C=O) groups excluding carboxylic acids is 1. The van der Waals surface area contributed by atoms with Crippen molar-refractivity contribution < 1.29 is 34.3 Å². The van der Waals surface area contributed by atoms with Crippen molar-refractivity contribution in [2.24, 2.45) is 0 Å².